The van der Waals surface area contributed by atoms with Crippen molar-refractivity contribution in [2.75, 3.05) is 29.9 Å². The number of nitrogens with zero attached hydrogens (tertiary/aromatic N) is 1. The average molecular weight is 365 g/mol. The number of amides is 3. The van der Waals surface area contributed by atoms with Crippen molar-refractivity contribution >= 4 is 29.1 Å². The van der Waals surface area contributed by atoms with E-state index in [0.29, 0.717) is 29.2 Å². The van der Waals surface area contributed by atoms with E-state index in [-0.39, 0.29) is 30.9 Å². The van der Waals surface area contributed by atoms with Gasteiger partial charge in [0, 0.05) is 23.9 Å². The van der Waals surface area contributed by atoms with Gasteiger partial charge in [-0.1, -0.05) is 24.3 Å². The van der Waals surface area contributed by atoms with Crippen molar-refractivity contribution in [1.82, 2.24) is 5.32 Å². The van der Waals surface area contributed by atoms with Gasteiger partial charge in [0.15, 0.2) is 6.61 Å². The minimum absolute atomic E-state index is 0.0641. The number of rotatable bonds is 6. The summed E-state index contributed by atoms with van der Waals surface area (Å²) in [5.74, 6) is -0.336. The van der Waals surface area contributed by atoms with Crippen molar-refractivity contribution in [3.05, 3.63) is 66.7 Å². The highest BCUT2D eigenvalue weighted by Gasteiger charge is 2.24. The van der Waals surface area contributed by atoms with Crippen LogP contribution in [0.3, 0.4) is 0 Å². The lowest BCUT2D eigenvalue weighted by Crippen LogP contribution is -2.38. The van der Waals surface area contributed by atoms with E-state index >= 15 is 0 Å². The van der Waals surface area contributed by atoms with E-state index in [4.69, 9.17) is 4.74 Å². The molecule has 0 radical (unpaired) electrons. The summed E-state index contributed by atoms with van der Waals surface area (Å²) in [6, 6.07) is 13.7. The minimum atomic E-state index is -0.367. The SMILES string of the molecule is C=CCN1C(=O)COc2cc(NC(=O)CNC(=O)c3ccccc3)ccc21. The summed E-state index contributed by atoms with van der Waals surface area (Å²) >= 11 is 0. The zero-order chi connectivity index (χ0) is 19.2. The number of nitrogens with one attached hydrogen (secondary N) is 2. The zero-order valence-corrected chi connectivity index (χ0v) is 14.6. The Kier molecular flexibility index (Phi) is 5.51. The molecule has 0 atom stereocenters. The highest BCUT2D eigenvalue weighted by atomic mass is 16.5. The molecule has 7 nitrogen and oxygen atoms in total. The molecule has 2 N–H and O–H groups in total. The standard InChI is InChI=1S/C20H19N3O4/c1-2-10-23-16-9-8-15(11-17(16)27-13-19(23)25)22-18(24)12-21-20(26)14-6-4-3-5-7-14/h2-9,11H,1,10,12-13H2,(H,21,26)(H,22,24). The Balaban J connectivity index is 1.61. The molecule has 3 amide bonds. The van der Waals surface area contributed by atoms with Crippen LogP contribution in [0.25, 0.3) is 0 Å². The molecule has 0 bridgehead atoms. The number of fused-ring (bicyclic) bond motifs is 1. The van der Waals surface area contributed by atoms with Gasteiger partial charge in [-0.2, -0.15) is 0 Å². The van der Waals surface area contributed by atoms with Crippen LogP contribution < -0.4 is 20.3 Å². The maximum atomic E-state index is 12.1. The molecule has 0 aliphatic carbocycles. The molecule has 1 aliphatic rings. The second-order valence-corrected chi connectivity index (χ2v) is 5.86. The van der Waals surface area contributed by atoms with Crippen LogP contribution in [0.2, 0.25) is 0 Å². The van der Waals surface area contributed by atoms with Crippen molar-refractivity contribution in [2.24, 2.45) is 0 Å². The van der Waals surface area contributed by atoms with Crippen LogP contribution in [0.4, 0.5) is 11.4 Å². The van der Waals surface area contributed by atoms with Crippen LogP contribution >= 0.6 is 0 Å². The van der Waals surface area contributed by atoms with E-state index in [1.807, 2.05) is 6.07 Å². The lowest BCUT2D eigenvalue weighted by atomic mass is 10.2. The number of hydrogen-bond donors (Lipinski definition) is 2. The molecule has 3 rings (SSSR count). The molecule has 1 heterocycles. The summed E-state index contributed by atoms with van der Waals surface area (Å²) in [5.41, 5.74) is 1.63. The highest BCUT2D eigenvalue weighted by molar-refractivity contribution is 6.01. The van der Waals surface area contributed by atoms with E-state index in [1.54, 1.807) is 53.4 Å². The molecule has 2 aromatic rings. The Morgan fingerprint density at radius 1 is 1.19 bits per heavy atom. The molecule has 27 heavy (non-hydrogen) atoms. The van der Waals surface area contributed by atoms with Crippen LogP contribution in [-0.2, 0) is 9.59 Å². The van der Waals surface area contributed by atoms with Crippen molar-refractivity contribution in [3.8, 4) is 5.75 Å². The normalized spacial score (nSPS) is 12.6. The quantitative estimate of drug-likeness (QED) is 0.766. The fourth-order valence-electron chi connectivity index (χ4n) is 2.67. The Morgan fingerprint density at radius 3 is 2.70 bits per heavy atom. The topological polar surface area (TPSA) is 87.7 Å². The molecule has 0 fully saturated rings. The van der Waals surface area contributed by atoms with Gasteiger partial charge in [0.05, 0.1) is 12.2 Å². The van der Waals surface area contributed by atoms with E-state index in [9.17, 15) is 14.4 Å². The molecule has 0 unspecified atom stereocenters. The second-order valence-electron chi connectivity index (χ2n) is 5.86. The number of carbonyl (C=O) groups excluding carboxylic acids is 3. The van der Waals surface area contributed by atoms with Crippen LogP contribution in [0.5, 0.6) is 5.75 Å². The summed E-state index contributed by atoms with van der Waals surface area (Å²) in [6.45, 7) is 3.81. The van der Waals surface area contributed by atoms with E-state index < -0.39 is 0 Å². The Labute approximate surface area is 156 Å². The van der Waals surface area contributed by atoms with Gasteiger partial charge in [0.25, 0.3) is 11.8 Å². The monoisotopic (exact) mass is 365 g/mol. The van der Waals surface area contributed by atoms with Crippen molar-refractivity contribution in [2.45, 2.75) is 0 Å². The lowest BCUT2D eigenvalue weighted by molar-refractivity contribution is -0.121. The average Bonchev–Trinajstić information content (AvgIpc) is 2.69. The van der Waals surface area contributed by atoms with Gasteiger partial charge in [-0.3, -0.25) is 14.4 Å². The number of hydrogen-bond acceptors (Lipinski definition) is 4. The first kappa shape index (κ1) is 18.2. The molecule has 0 saturated heterocycles. The van der Waals surface area contributed by atoms with Crippen LogP contribution in [-0.4, -0.2) is 37.4 Å². The van der Waals surface area contributed by atoms with E-state index in [0.717, 1.165) is 0 Å². The zero-order valence-electron chi connectivity index (χ0n) is 14.6. The molecule has 0 aromatic heterocycles. The van der Waals surface area contributed by atoms with Crippen LogP contribution in [0.1, 0.15) is 10.4 Å². The first-order valence-corrected chi connectivity index (χ1v) is 8.39. The summed E-state index contributed by atoms with van der Waals surface area (Å²) in [7, 11) is 0. The van der Waals surface area contributed by atoms with Crippen molar-refractivity contribution in [3.63, 3.8) is 0 Å². The molecule has 1 aliphatic heterocycles. The predicted molar refractivity (Wildman–Crippen MR) is 102 cm³/mol. The number of ether oxygens (including phenoxy) is 1. The Bertz CT molecular complexity index is 880. The molecular weight excluding hydrogens is 346 g/mol. The molecule has 7 heteroatoms. The summed E-state index contributed by atoms with van der Waals surface area (Å²) in [6.07, 6.45) is 1.64. The third-order valence-corrected chi connectivity index (χ3v) is 3.94. The fraction of sp³-hybridized carbons (Fsp3) is 0.150. The lowest BCUT2D eigenvalue weighted by Gasteiger charge is -2.28. The smallest absolute Gasteiger partial charge is 0.265 e. The molecule has 138 valence electrons. The number of carbonyl (C=O) groups is 3. The van der Waals surface area contributed by atoms with Gasteiger partial charge in [0.2, 0.25) is 5.91 Å². The first-order chi connectivity index (χ1) is 13.1. The molecule has 0 saturated carbocycles. The summed E-state index contributed by atoms with van der Waals surface area (Å²) < 4.78 is 5.44. The fourth-order valence-corrected chi connectivity index (χ4v) is 2.67. The largest absolute Gasteiger partial charge is 0.481 e. The van der Waals surface area contributed by atoms with Gasteiger partial charge in [-0.15, -0.1) is 6.58 Å². The molecule has 2 aromatic carbocycles. The van der Waals surface area contributed by atoms with Gasteiger partial charge >= 0.3 is 0 Å². The van der Waals surface area contributed by atoms with Crippen LogP contribution in [0.15, 0.2) is 61.2 Å². The summed E-state index contributed by atoms with van der Waals surface area (Å²) in [4.78, 5) is 37.5. The first-order valence-electron chi connectivity index (χ1n) is 8.39. The van der Waals surface area contributed by atoms with Gasteiger partial charge < -0.3 is 20.3 Å². The van der Waals surface area contributed by atoms with Gasteiger partial charge in [0.1, 0.15) is 5.75 Å². The molecule has 0 spiro atoms. The predicted octanol–water partition coefficient (Wildman–Crippen LogP) is 1.97. The van der Waals surface area contributed by atoms with Gasteiger partial charge in [-0.25, -0.2) is 0 Å². The molecular formula is C20H19N3O4. The van der Waals surface area contributed by atoms with Crippen molar-refractivity contribution in [1.29, 1.82) is 0 Å². The minimum Gasteiger partial charge on any atom is -0.481 e. The Morgan fingerprint density at radius 2 is 1.96 bits per heavy atom. The van der Waals surface area contributed by atoms with Crippen LogP contribution in [0, 0.1) is 0 Å². The second kappa shape index (κ2) is 8.18. The van der Waals surface area contributed by atoms with E-state index in [1.165, 1.54) is 0 Å². The third kappa shape index (κ3) is 4.33. The number of anilines is 2. The highest BCUT2D eigenvalue weighted by Crippen LogP contribution is 2.34. The van der Waals surface area contributed by atoms with E-state index in [2.05, 4.69) is 17.2 Å². The number of benzene rings is 2. The van der Waals surface area contributed by atoms with Gasteiger partial charge in [-0.05, 0) is 24.3 Å². The summed E-state index contributed by atoms with van der Waals surface area (Å²) in [5, 5.41) is 5.26. The third-order valence-electron chi connectivity index (χ3n) is 3.94. The maximum absolute atomic E-state index is 12.1. The Hall–Kier alpha value is -3.61. The maximum Gasteiger partial charge on any atom is 0.265 e. The van der Waals surface area contributed by atoms with Crippen molar-refractivity contribution < 1.29 is 19.1 Å².